The molecule has 2 aliphatic heterocycles. The van der Waals surface area contributed by atoms with Gasteiger partial charge in [0.2, 0.25) is 0 Å². The lowest BCUT2D eigenvalue weighted by Gasteiger charge is -2.45. The van der Waals surface area contributed by atoms with Crippen molar-refractivity contribution >= 4 is 0 Å². The maximum absolute atomic E-state index is 9.40. The summed E-state index contributed by atoms with van der Waals surface area (Å²) in [6.45, 7) is 10.8. The number of nitriles is 1. The molecule has 0 radical (unpaired) electrons. The number of nitrogens with zero attached hydrogens (tertiary/aromatic N) is 4. The molecule has 0 unspecified atom stereocenters. The molecular weight excluding hydrogens is 310 g/mol. The third kappa shape index (κ3) is 3.40. The van der Waals surface area contributed by atoms with Crippen molar-refractivity contribution in [1.29, 1.82) is 5.26 Å². The Bertz CT molecular complexity index is 758. The minimum Gasteiger partial charge on any atom is -0.356 e. The predicted molar refractivity (Wildman–Crippen MR) is 99.6 cm³/mol. The van der Waals surface area contributed by atoms with Crippen LogP contribution < -0.4 is 5.73 Å². The molecule has 0 bridgehead atoms. The van der Waals surface area contributed by atoms with E-state index in [9.17, 15) is 5.26 Å². The van der Waals surface area contributed by atoms with Crippen LogP contribution in [0, 0.1) is 11.3 Å². The molecule has 1 aromatic carbocycles. The highest BCUT2D eigenvalue weighted by Crippen LogP contribution is 2.31. The number of hydrogen-bond donors (Lipinski definition) is 1. The number of likely N-dealkylation sites (N-methyl/N-ethyl adjacent to an activating group) is 1. The van der Waals surface area contributed by atoms with E-state index < -0.39 is 0 Å². The summed E-state index contributed by atoms with van der Waals surface area (Å²) >= 11 is 0. The summed E-state index contributed by atoms with van der Waals surface area (Å²) in [5.74, 6) is 1.92. The number of likely N-dealkylation sites (tertiary alicyclic amines) is 1. The second-order valence-electron chi connectivity index (χ2n) is 6.67. The molecule has 0 amide bonds. The fourth-order valence-corrected chi connectivity index (χ4v) is 3.39. The minimum absolute atomic E-state index is 0.184. The van der Waals surface area contributed by atoms with Crippen molar-refractivity contribution in [2.75, 3.05) is 20.1 Å². The van der Waals surface area contributed by atoms with Crippen LogP contribution in [0.3, 0.4) is 0 Å². The summed E-state index contributed by atoms with van der Waals surface area (Å²) in [5, 5.41) is 9.40. The van der Waals surface area contributed by atoms with E-state index in [1.807, 2.05) is 36.2 Å². The van der Waals surface area contributed by atoms with E-state index in [0.717, 1.165) is 48.8 Å². The van der Waals surface area contributed by atoms with Crippen LogP contribution in [0.1, 0.15) is 24.0 Å². The van der Waals surface area contributed by atoms with Gasteiger partial charge < -0.3 is 20.4 Å². The Morgan fingerprint density at radius 1 is 1.32 bits per heavy atom. The highest BCUT2D eigenvalue weighted by atomic mass is 15.4. The molecule has 1 saturated heterocycles. The van der Waals surface area contributed by atoms with Crippen LogP contribution in [0.2, 0.25) is 0 Å². The largest absolute Gasteiger partial charge is 0.356 e. The van der Waals surface area contributed by atoms with E-state index in [1.54, 1.807) is 0 Å². The average Bonchev–Trinajstić information content (AvgIpc) is 2.62. The monoisotopic (exact) mass is 335 g/mol. The van der Waals surface area contributed by atoms with Gasteiger partial charge in [0.15, 0.2) is 0 Å². The van der Waals surface area contributed by atoms with Crippen LogP contribution >= 0.6 is 0 Å². The maximum atomic E-state index is 9.40. The summed E-state index contributed by atoms with van der Waals surface area (Å²) < 4.78 is 0. The van der Waals surface area contributed by atoms with E-state index in [4.69, 9.17) is 5.73 Å². The molecule has 1 atom stereocenters. The fourth-order valence-electron chi connectivity index (χ4n) is 3.39. The van der Waals surface area contributed by atoms with Gasteiger partial charge in [-0.3, -0.25) is 0 Å². The van der Waals surface area contributed by atoms with Gasteiger partial charge in [0, 0.05) is 38.0 Å². The molecule has 130 valence electrons. The molecule has 2 aliphatic rings. The van der Waals surface area contributed by atoms with Crippen molar-refractivity contribution in [1.82, 2.24) is 14.7 Å². The Morgan fingerprint density at radius 2 is 2.08 bits per heavy atom. The van der Waals surface area contributed by atoms with Gasteiger partial charge in [-0.2, -0.15) is 5.26 Å². The van der Waals surface area contributed by atoms with Gasteiger partial charge in [-0.25, -0.2) is 0 Å². The highest BCUT2D eigenvalue weighted by Gasteiger charge is 2.29. The zero-order chi connectivity index (χ0) is 18.0. The second-order valence-corrected chi connectivity index (χ2v) is 6.67. The molecule has 0 spiro atoms. The quantitative estimate of drug-likeness (QED) is 0.920. The third-order valence-electron chi connectivity index (χ3n) is 4.95. The lowest BCUT2D eigenvalue weighted by atomic mass is 10.1. The zero-order valence-corrected chi connectivity index (χ0v) is 14.8. The summed E-state index contributed by atoms with van der Waals surface area (Å²) in [4.78, 5) is 6.44. The molecule has 5 nitrogen and oxygen atoms in total. The van der Waals surface area contributed by atoms with Gasteiger partial charge >= 0.3 is 0 Å². The lowest BCUT2D eigenvalue weighted by Crippen LogP contribution is -2.48. The standard InChI is InChI=1S/C20H25N5/c1-15-11-20(24-10-6-9-19(22)14-24)25(16(2)23(15)3)13-18-8-5-4-7-17(18)12-21/h4-5,7-8,11,19H,1-2,6,9-10,13-14,22H2,3H3/t19-/m1/s1. The van der Waals surface area contributed by atoms with Crippen LogP contribution in [-0.4, -0.2) is 40.9 Å². The van der Waals surface area contributed by atoms with Crippen molar-refractivity contribution in [3.8, 4) is 6.07 Å². The first-order valence-electron chi connectivity index (χ1n) is 8.60. The first-order chi connectivity index (χ1) is 12.0. The molecule has 25 heavy (non-hydrogen) atoms. The Hall–Kier alpha value is -2.71. The van der Waals surface area contributed by atoms with Gasteiger partial charge in [-0.15, -0.1) is 0 Å². The lowest BCUT2D eigenvalue weighted by molar-refractivity contribution is 0.162. The number of allylic oxidation sites excluding steroid dienone is 1. The SMILES string of the molecule is C=C1C=C(N2CCC[C@@H](N)C2)N(Cc2ccccc2C#N)C(=C)N1C. The Labute approximate surface area is 149 Å². The Kier molecular flexibility index (Phi) is 4.82. The molecule has 0 aliphatic carbocycles. The van der Waals surface area contributed by atoms with Crippen LogP contribution in [0.15, 0.2) is 60.8 Å². The minimum atomic E-state index is 0.184. The Morgan fingerprint density at radius 3 is 2.80 bits per heavy atom. The molecule has 5 heteroatoms. The summed E-state index contributed by atoms with van der Waals surface area (Å²) in [5.41, 5.74) is 8.77. The summed E-state index contributed by atoms with van der Waals surface area (Å²) in [6.07, 6.45) is 4.22. The van der Waals surface area contributed by atoms with E-state index in [0.29, 0.717) is 12.1 Å². The van der Waals surface area contributed by atoms with Gasteiger partial charge in [-0.05, 0) is 24.5 Å². The van der Waals surface area contributed by atoms with Crippen LogP contribution in [0.5, 0.6) is 0 Å². The second kappa shape index (κ2) is 7.04. The molecular formula is C20H25N5. The molecule has 0 aromatic heterocycles. The van der Waals surface area contributed by atoms with Gasteiger partial charge in [0.25, 0.3) is 0 Å². The van der Waals surface area contributed by atoms with E-state index in [1.165, 1.54) is 0 Å². The van der Waals surface area contributed by atoms with Crippen LogP contribution in [-0.2, 0) is 6.54 Å². The third-order valence-corrected chi connectivity index (χ3v) is 4.95. The number of piperidine rings is 1. The predicted octanol–water partition coefficient (Wildman–Crippen LogP) is 2.56. The van der Waals surface area contributed by atoms with Crippen LogP contribution in [0.25, 0.3) is 0 Å². The van der Waals surface area contributed by atoms with Crippen molar-refractivity contribution in [3.05, 3.63) is 72.0 Å². The van der Waals surface area contributed by atoms with E-state index in [-0.39, 0.29) is 6.04 Å². The topological polar surface area (TPSA) is 59.5 Å². The first kappa shape index (κ1) is 17.1. The fraction of sp³-hybridized carbons (Fsp3) is 0.350. The van der Waals surface area contributed by atoms with Crippen molar-refractivity contribution in [3.63, 3.8) is 0 Å². The van der Waals surface area contributed by atoms with Gasteiger partial charge in [0.05, 0.1) is 18.2 Å². The summed E-state index contributed by atoms with van der Waals surface area (Å²) in [7, 11) is 1.96. The number of benzene rings is 1. The van der Waals surface area contributed by atoms with E-state index in [2.05, 4.69) is 35.1 Å². The zero-order valence-electron chi connectivity index (χ0n) is 14.8. The highest BCUT2D eigenvalue weighted by molar-refractivity contribution is 5.39. The molecule has 0 saturated carbocycles. The number of nitrogens with two attached hydrogens (primary N) is 1. The van der Waals surface area contributed by atoms with Crippen molar-refractivity contribution in [2.45, 2.75) is 25.4 Å². The Balaban J connectivity index is 1.95. The molecule has 2 heterocycles. The summed E-state index contributed by atoms with van der Waals surface area (Å²) in [6, 6.07) is 10.2. The first-order valence-corrected chi connectivity index (χ1v) is 8.60. The average molecular weight is 335 g/mol. The van der Waals surface area contributed by atoms with Crippen molar-refractivity contribution < 1.29 is 0 Å². The normalized spacial score (nSPS) is 21.2. The molecule has 1 aromatic rings. The number of rotatable bonds is 3. The smallest absolute Gasteiger partial charge is 0.112 e. The van der Waals surface area contributed by atoms with Gasteiger partial charge in [0.1, 0.15) is 11.6 Å². The maximum Gasteiger partial charge on any atom is 0.112 e. The molecule has 2 N–H and O–H groups in total. The number of hydrogen-bond acceptors (Lipinski definition) is 5. The molecule has 1 fully saturated rings. The van der Waals surface area contributed by atoms with E-state index >= 15 is 0 Å². The molecule has 3 rings (SSSR count). The van der Waals surface area contributed by atoms with Crippen LogP contribution in [0.4, 0.5) is 0 Å². The van der Waals surface area contributed by atoms with Gasteiger partial charge in [-0.1, -0.05) is 31.4 Å². The van der Waals surface area contributed by atoms with Crippen molar-refractivity contribution in [2.24, 2.45) is 5.73 Å².